The molecule has 0 aliphatic carbocycles. The number of aryl methyl sites for hydroxylation is 1. The van der Waals surface area contributed by atoms with Gasteiger partial charge in [0.2, 0.25) is 0 Å². The fourth-order valence-electron chi connectivity index (χ4n) is 1.68. The Morgan fingerprint density at radius 1 is 1.33 bits per heavy atom. The summed E-state index contributed by atoms with van der Waals surface area (Å²) in [5.41, 5.74) is 6.51. The summed E-state index contributed by atoms with van der Waals surface area (Å²) in [7, 11) is 0. The summed E-state index contributed by atoms with van der Waals surface area (Å²) in [5, 5.41) is 0.916. The predicted molar refractivity (Wildman–Crippen MR) is 63.3 cm³/mol. The van der Waals surface area contributed by atoms with Gasteiger partial charge in [-0.05, 0) is 53.2 Å². The molecule has 1 aromatic carbocycles. The lowest BCUT2D eigenvalue weighted by Gasteiger charge is -2.05. The van der Waals surface area contributed by atoms with E-state index in [2.05, 4.69) is 20.5 Å². The molecular formula is C11H12BrFN2. The second kappa shape index (κ2) is 4.33. The molecule has 0 spiro atoms. The van der Waals surface area contributed by atoms with Crippen LogP contribution in [0, 0.1) is 5.82 Å². The third-order valence-electron chi connectivity index (χ3n) is 2.40. The number of hydrogen-bond donors (Lipinski definition) is 1. The molecule has 2 nitrogen and oxygen atoms in total. The first-order valence-corrected chi connectivity index (χ1v) is 5.66. The number of rotatable bonds is 3. The van der Waals surface area contributed by atoms with Crippen LogP contribution in [-0.2, 0) is 6.54 Å². The summed E-state index contributed by atoms with van der Waals surface area (Å²) in [5.74, 6) is -0.203. The van der Waals surface area contributed by atoms with Crippen molar-refractivity contribution in [3.63, 3.8) is 0 Å². The molecule has 80 valence electrons. The van der Waals surface area contributed by atoms with Gasteiger partial charge in [0.15, 0.2) is 0 Å². The highest BCUT2D eigenvalue weighted by Crippen LogP contribution is 2.24. The van der Waals surface area contributed by atoms with Gasteiger partial charge in [0, 0.05) is 17.4 Å². The van der Waals surface area contributed by atoms with Gasteiger partial charge in [-0.1, -0.05) is 0 Å². The van der Waals surface area contributed by atoms with Crippen LogP contribution < -0.4 is 5.73 Å². The summed E-state index contributed by atoms with van der Waals surface area (Å²) in [6, 6.07) is 6.74. The number of fused-ring (bicyclic) bond motifs is 1. The van der Waals surface area contributed by atoms with Gasteiger partial charge in [-0.3, -0.25) is 0 Å². The van der Waals surface area contributed by atoms with Crippen molar-refractivity contribution in [2.45, 2.75) is 13.0 Å². The van der Waals surface area contributed by atoms with Crippen LogP contribution in [0.2, 0.25) is 0 Å². The minimum Gasteiger partial charge on any atom is -0.335 e. The fourth-order valence-corrected chi connectivity index (χ4v) is 2.30. The molecule has 1 heterocycles. The molecular weight excluding hydrogens is 259 g/mol. The zero-order valence-corrected chi connectivity index (χ0v) is 9.80. The van der Waals surface area contributed by atoms with E-state index in [-0.39, 0.29) is 5.82 Å². The lowest BCUT2D eigenvalue weighted by Crippen LogP contribution is -2.05. The summed E-state index contributed by atoms with van der Waals surface area (Å²) in [6.45, 7) is 1.51. The van der Waals surface area contributed by atoms with Crippen LogP contribution in [0.3, 0.4) is 0 Å². The van der Waals surface area contributed by atoms with Gasteiger partial charge in [-0.15, -0.1) is 0 Å². The quantitative estimate of drug-likeness (QED) is 0.914. The molecule has 0 bridgehead atoms. The third kappa shape index (κ3) is 2.06. The van der Waals surface area contributed by atoms with Crippen LogP contribution >= 0.6 is 15.9 Å². The van der Waals surface area contributed by atoms with E-state index in [0.717, 1.165) is 28.5 Å². The van der Waals surface area contributed by atoms with E-state index in [0.29, 0.717) is 6.54 Å². The number of halogens is 2. The maximum absolute atomic E-state index is 13.0. The summed E-state index contributed by atoms with van der Waals surface area (Å²) in [6.07, 6.45) is 0.916. The highest BCUT2D eigenvalue weighted by molar-refractivity contribution is 9.10. The Kier molecular flexibility index (Phi) is 3.07. The first-order valence-electron chi connectivity index (χ1n) is 4.87. The van der Waals surface area contributed by atoms with E-state index in [1.165, 1.54) is 6.07 Å². The average molecular weight is 271 g/mol. The lowest BCUT2D eigenvalue weighted by atomic mass is 10.2. The summed E-state index contributed by atoms with van der Waals surface area (Å²) < 4.78 is 16.1. The molecule has 0 aliphatic rings. The molecule has 0 radical (unpaired) electrons. The number of benzene rings is 1. The van der Waals surface area contributed by atoms with E-state index in [4.69, 9.17) is 5.73 Å². The van der Waals surface area contributed by atoms with Gasteiger partial charge in [0.1, 0.15) is 5.82 Å². The van der Waals surface area contributed by atoms with E-state index in [1.807, 2.05) is 6.07 Å². The van der Waals surface area contributed by atoms with Gasteiger partial charge in [0.25, 0.3) is 0 Å². The summed E-state index contributed by atoms with van der Waals surface area (Å²) >= 11 is 3.46. The minimum absolute atomic E-state index is 0.203. The molecule has 2 aromatic rings. The molecule has 4 heteroatoms. The lowest BCUT2D eigenvalue weighted by molar-refractivity contribution is 0.628. The van der Waals surface area contributed by atoms with Crippen molar-refractivity contribution in [2.75, 3.05) is 6.54 Å². The number of aromatic nitrogens is 1. The molecule has 1 aromatic heterocycles. The van der Waals surface area contributed by atoms with Crippen LogP contribution in [0.4, 0.5) is 4.39 Å². The van der Waals surface area contributed by atoms with Crippen molar-refractivity contribution in [3.8, 4) is 0 Å². The van der Waals surface area contributed by atoms with Crippen LogP contribution in [0.15, 0.2) is 28.9 Å². The van der Waals surface area contributed by atoms with Crippen LogP contribution in [0.1, 0.15) is 6.42 Å². The molecule has 0 unspecified atom stereocenters. The number of nitrogens with two attached hydrogens (primary N) is 1. The molecule has 0 fully saturated rings. The van der Waals surface area contributed by atoms with E-state index in [1.54, 1.807) is 12.1 Å². The maximum Gasteiger partial charge on any atom is 0.123 e. The van der Waals surface area contributed by atoms with Crippen molar-refractivity contribution in [1.82, 2.24) is 4.57 Å². The van der Waals surface area contributed by atoms with Crippen molar-refractivity contribution < 1.29 is 4.39 Å². The van der Waals surface area contributed by atoms with Crippen LogP contribution in [0.5, 0.6) is 0 Å². The van der Waals surface area contributed by atoms with E-state index < -0.39 is 0 Å². The summed E-state index contributed by atoms with van der Waals surface area (Å²) in [4.78, 5) is 0. The van der Waals surface area contributed by atoms with Gasteiger partial charge < -0.3 is 10.3 Å². The minimum atomic E-state index is -0.203. The van der Waals surface area contributed by atoms with Crippen molar-refractivity contribution >= 4 is 26.8 Å². The molecule has 2 rings (SSSR count). The van der Waals surface area contributed by atoms with Crippen LogP contribution in [0.25, 0.3) is 10.9 Å². The molecule has 2 N–H and O–H groups in total. The smallest absolute Gasteiger partial charge is 0.123 e. The average Bonchev–Trinajstić information content (AvgIpc) is 2.50. The Labute approximate surface area is 96.0 Å². The topological polar surface area (TPSA) is 30.9 Å². The van der Waals surface area contributed by atoms with Crippen LogP contribution in [-0.4, -0.2) is 11.1 Å². The maximum atomic E-state index is 13.0. The second-order valence-electron chi connectivity index (χ2n) is 3.46. The molecule has 0 saturated carbocycles. The first-order chi connectivity index (χ1) is 7.22. The molecule has 0 atom stereocenters. The Morgan fingerprint density at radius 2 is 2.13 bits per heavy atom. The van der Waals surface area contributed by atoms with E-state index in [9.17, 15) is 4.39 Å². The van der Waals surface area contributed by atoms with Crippen molar-refractivity contribution in [3.05, 3.63) is 34.7 Å². The number of nitrogens with zero attached hydrogens (tertiary/aromatic N) is 1. The van der Waals surface area contributed by atoms with Gasteiger partial charge in [-0.25, -0.2) is 4.39 Å². The molecule has 15 heavy (non-hydrogen) atoms. The monoisotopic (exact) mass is 270 g/mol. The number of hydrogen-bond acceptors (Lipinski definition) is 1. The Morgan fingerprint density at radius 3 is 2.87 bits per heavy atom. The van der Waals surface area contributed by atoms with Crippen molar-refractivity contribution in [2.24, 2.45) is 5.73 Å². The Bertz CT molecular complexity index is 479. The van der Waals surface area contributed by atoms with Gasteiger partial charge in [-0.2, -0.15) is 0 Å². The largest absolute Gasteiger partial charge is 0.335 e. The second-order valence-corrected chi connectivity index (χ2v) is 4.28. The normalized spacial score (nSPS) is 11.1. The third-order valence-corrected chi connectivity index (χ3v) is 3.06. The Balaban J connectivity index is 2.48. The van der Waals surface area contributed by atoms with Gasteiger partial charge >= 0.3 is 0 Å². The van der Waals surface area contributed by atoms with E-state index >= 15 is 0 Å². The molecule has 0 amide bonds. The fraction of sp³-hybridized carbons (Fsp3) is 0.273. The SMILES string of the molecule is NCCCn1c(Br)cc2cc(F)ccc21. The molecule has 0 aliphatic heterocycles. The van der Waals surface area contributed by atoms with Gasteiger partial charge in [0.05, 0.1) is 4.60 Å². The molecule has 0 saturated heterocycles. The zero-order chi connectivity index (χ0) is 10.8. The predicted octanol–water partition coefficient (Wildman–Crippen LogP) is 2.89. The first kappa shape index (κ1) is 10.6. The highest BCUT2D eigenvalue weighted by Gasteiger charge is 2.06. The Hall–Kier alpha value is -0.870. The highest BCUT2D eigenvalue weighted by atomic mass is 79.9. The standard InChI is InChI=1S/C11H12BrFN2/c12-11-7-8-6-9(13)2-3-10(8)15(11)5-1-4-14/h2-3,6-7H,1,4-5,14H2. The van der Waals surface area contributed by atoms with Crippen molar-refractivity contribution in [1.29, 1.82) is 0 Å². The zero-order valence-electron chi connectivity index (χ0n) is 8.21.